The number of rotatable bonds is 2. The fourth-order valence-corrected chi connectivity index (χ4v) is 0.774. The second-order valence-electron chi connectivity index (χ2n) is 2.59. The van der Waals surface area contributed by atoms with Crippen molar-refractivity contribution in [2.24, 2.45) is 5.92 Å². The van der Waals surface area contributed by atoms with Crippen LogP contribution in [0, 0.1) is 5.92 Å². The van der Waals surface area contributed by atoms with Crippen LogP contribution < -0.4 is 0 Å². The smallest absolute Gasteiger partial charge is 0.309 e. The standard InChI is InChI=1S/C6H9FO2/c1-4(5(8)9)6(7)2-3-6/h4H,2-3H2,1H3,(H,8,9). The van der Waals surface area contributed by atoms with Crippen LogP contribution in [0.2, 0.25) is 0 Å². The third-order valence-corrected chi connectivity index (χ3v) is 1.87. The van der Waals surface area contributed by atoms with Crippen LogP contribution in [-0.2, 0) is 4.79 Å². The van der Waals surface area contributed by atoms with Gasteiger partial charge in [-0.3, -0.25) is 4.79 Å². The molecule has 0 heterocycles. The SMILES string of the molecule is CC(C(=O)O)C1(F)CC1. The van der Waals surface area contributed by atoms with Crippen LogP contribution in [0.15, 0.2) is 0 Å². The highest BCUT2D eigenvalue weighted by Crippen LogP contribution is 2.46. The first-order valence-electron chi connectivity index (χ1n) is 2.98. The number of halogens is 1. The van der Waals surface area contributed by atoms with Crippen LogP contribution in [0.1, 0.15) is 19.8 Å². The Morgan fingerprint density at radius 3 is 2.33 bits per heavy atom. The Kier molecular flexibility index (Phi) is 1.22. The average molecular weight is 132 g/mol. The maximum Gasteiger partial charge on any atom is 0.309 e. The van der Waals surface area contributed by atoms with E-state index in [1.165, 1.54) is 6.92 Å². The molecule has 0 aromatic heterocycles. The van der Waals surface area contributed by atoms with E-state index in [-0.39, 0.29) is 0 Å². The molecule has 2 nitrogen and oxygen atoms in total. The summed E-state index contributed by atoms with van der Waals surface area (Å²) in [4.78, 5) is 10.1. The molecule has 1 rings (SSSR count). The van der Waals surface area contributed by atoms with Gasteiger partial charge < -0.3 is 5.11 Å². The molecule has 0 saturated heterocycles. The summed E-state index contributed by atoms with van der Waals surface area (Å²) >= 11 is 0. The van der Waals surface area contributed by atoms with Gasteiger partial charge in [0, 0.05) is 0 Å². The minimum absolute atomic E-state index is 0.417. The number of carboxylic acid groups (broad SMARTS) is 1. The number of carbonyl (C=O) groups is 1. The highest BCUT2D eigenvalue weighted by molar-refractivity contribution is 5.71. The molecule has 0 radical (unpaired) electrons. The molecule has 1 N–H and O–H groups in total. The first-order chi connectivity index (χ1) is 4.06. The highest BCUT2D eigenvalue weighted by atomic mass is 19.1. The molecule has 9 heavy (non-hydrogen) atoms. The first kappa shape index (κ1) is 6.52. The lowest BCUT2D eigenvalue weighted by molar-refractivity contribution is -0.143. The molecule has 1 atom stereocenters. The Balaban J connectivity index is 2.52. The summed E-state index contributed by atoms with van der Waals surface area (Å²) in [6, 6.07) is 0. The monoisotopic (exact) mass is 132 g/mol. The zero-order valence-electron chi connectivity index (χ0n) is 5.22. The van der Waals surface area contributed by atoms with Gasteiger partial charge in [0.05, 0.1) is 5.92 Å². The zero-order valence-corrected chi connectivity index (χ0v) is 5.22. The highest BCUT2D eigenvalue weighted by Gasteiger charge is 2.51. The van der Waals surface area contributed by atoms with Crippen LogP contribution in [0.5, 0.6) is 0 Å². The van der Waals surface area contributed by atoms with Crippen molar-refractivity contribution in [2.75, 3.05) is 0 Å². The molecule has 1 aliphatic rings. The van der Waals surface area contributed by atoms with Crippen molar-refractivity contribution < 1.29 is 14.3 Å². The Morgan fingerprint density at radius 1 is 1.78 bits per heavy atom. The van der Waals surface area contributed by atoms with E-state index in [4.69, 9.17) is 5.11 Å². The molecule has 52 valence electrons. The lowest BCUT2D eigenvalue weighted by atomic mass is 10.1. The van der Waals surface area contributed by atoms with Crippen LogP contribution in [0.25, 0.3) is 0 Å². The van der Waals surface area contributed by atoms with Crippen molar-refractivity contribution in [3.63, 3.8) is 0 Å². The maximum atomic E-state index is 12.8. The van der Waals surface area contributed by atoms with E-state index in [1.54, 1.807) is 0 Å². The van der Waals surface area contributed by atoms with Gasteiger partial charge in [0.2, 0.25) is 0 Å². The van der Waals surface area contributed by atoms with Crippen molar-refractivity contribution >= 4 is 5.97 Å². The van der Waals surface area contributed by atoms with E-state index >= 15 is 0 Å². The van der Waals surface area contributed by atoms with E-state index in [0.717, 1.165) is 0 Å². The maximum absolute atomic E-state index is 12.8. The fourth-order valence-electron chi connectivity index (χ4n) is 0.774. The third kappa shape index (κ3) is 1.04. The van der Waals surface area contributed by atoms with E-state index in [0.29, 0.717) is 12.8 Å². The normalized spacial score (nSPS) is 25.1. The minimum atomic E-state index is -1.37. The molecule has 0 bridgehead atoms. The fraction of sp³-hybridized carbons (Fsp3) is 0.833. The number of carboxylic acids is 1. The second-order valence-corrected chi connectivity index (χ2v) is 2.59. The summed E-state index contributed by atoms with van der Waals surface area (Å²) in [5.41, 5.74) is -1.37. The van der Waals surface area contributed by atoms with E-state index in [9.17, 15) is 9.18 Å². The number of alkyl halides is 1. The van der Waals surface area contributed by atoms with Gasteiger partial charge in [0.1, 0.15) is 5.67 Å². The molecular formula is C6H9FO2. The van der Waals surface area contributed by atoms with Crippen LogP contribution >= 0.6 is 0 Å². The van der Waals surface area contributed by atoms with Gasteiger partial charge in [0.15, 0.2) is 0 Å². The van der Waals surface area contributed by atoms with Gasteiger partial charge in [-0.15, -0.1) is 0 Å². The minimum Gasteiger partial charge on any atom is -0.481 e. The Labute approximate surface area is 52.7 Å². The second kappa shape index (κ2) is 1.69. The number of hydrogen-bond acceptors (Lipinski definition) is 1. The lowest BCUT2D eigenvalue weighted by Gasteiger charge is -2.08. The first-order valence-corrected chi connectivity index (χ1v) is 2.98. The molecule has 1 saturated carbocycles. The molecular weight excluding hydrogens is 123 g/mol. The summed E-state index contributed by atoms with van der Waals surface area (Å²) in [5.74, 6) is -1.85. The predicted molar refractivity (Wildman–Crippen MR) is 29.9 cm³/mol. The van der Waals surface area contributed by atoms with Crippen LogP contribution in [0.4, 0.5) is 4.39 Å². The molecule has 0 aliphatic heterocycles. The van der Waals surface area contributed by atoms with Crippen molar-refractivity contribution in [3.8, 4) is 0 Å². The number of hydrogen-bond donors (Lipinski definition) is 1. The number of aliphatic carboxylic acids is 1. The van der Waals surface area contributed by atoms with Gasteiger partial charge in [0.25, 0.3) is 0 Å². The Bertz CT molecular complexity index is 140. The molecule has 3 heteroatoms. The van der Waals surface area contributed by atoms with E-state index in [1.807, 2.05) is 0 Å². The van der Waals surface area contributed by atoms with Gasteiger partial charge in [-0.1, -0.05) is 0 Å². The molecule has 1 unspecified atom stereocenters. The van der Waals surface area contributed by atoms with Gasteiger partial charge in [-0.2, -0.15) is 0 Å². The van der Waals surface area contributed by atoms with Crippen LogP contribution in [-0.4, -0.2) is 16.7 Å². The van der Waals surface area contributed by atoms with Crippen molar-refractivity contribution in [2.45, 2.75) is 25.4 Å². The van der Waals surface area contributed by atoms with Crippen molar-refractivity contribution in [1.82, 2.24) is 0 Å². The predicted octanol–water partition coefficient (Wildman–Crippen LogP) is 1.21. The third-order valence-electron chi connectivity index (χ3n) is 1.87. The van der Waals surface area contributed by atoms with E-state index in [2.05, 4.69) is 0 Å². The summed E-state index contributed by atoms with van der Waals surface area (Å²) < 4.78 is 12.8. The Morgan fingerprint density at radius 2 is 2.22 bits per heavy atom. The van der Waals surface area contributed by atoms with Crippen LogP contribution in [0.3, 0.4) is 0 Å². The molecule has 0 aromatic carbocycles. The largest absolute Gasteiger partial charge is 0.481 e. The lowest BCUT2D eigenvalue weighted by Crippen LogP contribution is -2.22. The average Bonchev–Trinajstić information content (AvgIpc) is 2.47. The van der Waals surface area contributed by atoms with Gasteiger partial charge in [-0.25, -0.2) is 4.39 Å². The molecule has 0 spiro atoms. The summed E-state index contributed by atoms with van der Waals surface area (Å²) in [7, 11) is 0. The molecule has 1 aliphatic carbocycles. The van der Waals surface area contributed by atoms with Gasteiger partial charge in [-0.05, 0) is 19.8 Å². The summed E-state index contributed by atoms with van der Waals surface area (Å²) in [5, 5.41) is 8.32. The summed E-state index contributed by atoms with van der Waals surface area (Å²) in [6.07, 6.45) is 0.834. The molecule has 0 amide bonds. The van der Waals surface area contributed by atoms with Crippen molar-refractivity contribution in [3.05, 3.63) is 0 Å². The van der Waals surface area contributed by atoms with E-state index < -0.39 is 17.6 Å². The summed E-state index contributed by atoms with van der Waals surface area (Å²) in [6.45, 7) is 1.41. The molecule has 0 aromatic rings. The molecule has 1 fully saturated rings. The van der Waals surface area contributed by atoms with Crippen molar-refractivity contribution in [1.29, 1.82) is 0 Å². The Hall–Kier alpha value is -0.600. The quantitative estimate of drug-likeness (QED) is 0.613. The van der Waals surface area contributed by atoms with Gasteiger partial charge >= 0.3 is 5.97 Å². The zero-order chi connectivity index (χ0) is 7.07. The topological polar surface area (TPSA) is 37.3 Å².